The van der Waals surface area contributed by atoms with Crippen LogP contribution < -0.4 is 10.0 Å². The third kappa shape index (κ3) is 3.38. The van der Waals surface area contributed by atoms with Gasteiger partial charge >= 0.3 is 0 Å². The van der Waals surface area contributed by atoms with Gasteiger partial charge in [0.2, 0.25) is 0 Å². The number of aromatic nitrogens is 3. The minimum Gasteiger partial charge on any atom is -0.316 e. The number of thiazole rings is 1. The molecular formula is C10H15N5O2S2. The molecule has 104 valence electrons. The van der Waals surface area contributed by atoms with Crippen LogP contribution in [0.15, 0.2) is 16.6 Å². The number of nitrogens with one attached hydrogen (secondary N) is 3. The molecule has 0 fully saturated rings. The Morgan fingerprint density at radius 1 is 1.42 bits per heavy atom. The van der Waals surface area contributed by atoms with Gasteiger partial charge in [-0.15, -0.1) is 11.3 Å². The molecule has 7 nitrogen and oxygen atoms in total. The summed E-state index contributed by atoms with van der Waals surface area (Å²) in [5.41, 5.74) is 1.31. The largest absolute Gasteiger partial charge is 0.316 e. The third-order valence-corrected chi connectivity index (χ3v) is 4.66. The maximum absolute atomic E-state index is 12.1. The summed E-state index contributed by atoms with van der Waals surface area (Å²) in [4.78, 5) is 4.21. The van der Waals surface area contributed by atoms with E-state index in [4.69, 9.17) is 0 Å². The molecule has 0 aliphatic carbocycles. The first-order chi connectivity index (χ1) is 9.03. The van der Waals surface area contributed by atoms with Crippen molar-refractivity contribution in [2.75, 3.05) is 7.05 Å². The van der Waals surface area contributed by atoms with E-state index in [0.717, 1.165) is 5.01 Å². The number of hydrogen-bond donors (Lipinski definition) is 3. The number of aryl methyl sites for hydroxylation is 1. The monoisotopic (exact) mass is 301 g/mol. The van der Waals surface area contributed by atoms with Gasteiger partial charge in [-0.2, -0.15) is 5.10 Å². The molecule has 2 aromatic heterocycles. The van der Waals surface area contributed by atoms with Crippen LogP contribution in [0, 0.1) is 6.92 Å². The van der Waals surface area contributed by atoms with E-state index in [-0.39, 0.29) is 11.6 Å². The number of aromatic amines is 1. The maximum Gasteiger partial charge on any atom is 0.258 e. The van der Waals surface area contributed by atoms with Crippen LogP contribution in [-0.2, 0) is 23.1 Å². The van der Waals surface area contributed by atoms with E-state index >= 15 is 0 Å². The van der Waals surface area contributed by atoms with Gasteiger partial charge in [0.15, 0.2) is 5.03 Å². The first-order valence-electron chi connectivity index (χ1n) is 5.60. The molecule has 0 saturated carbocycles. The Morgan fingerprint density at radius 2 is 2.21 bits per heavy atom. The van der Waals surface area contributed by atoms with Crippen molar-refractivity contribution in [1.82, 2.24) is 25.2 Å². The van der Waals surface area contributed by atoms with E-state index in [1.54, 1.807) is 7.05 Å². The number of nitrogens with zero attached hydrogens (tertiary/aromatic N) is 2. The van der Waals surface area contributed by atoms with Crippen LogP contribution in [0.25, 0.3) is 0 Å². The summed E-state index contributed by atoms with van der Waals surface area (Å²) < 4.78 is 26.8. The summed E-state index contributed by atoms with van der Waals surface area (Å²) in [6, 6.07) is 0. The Balaban J connectivity index is 2.11. The zero-order valence-electron chi connectivity index (χ0n) is 10.6. The lowest BCUT2D eigenvalue weighted by atomic mass is 10.4. The minimum atomic E-state index is -3.60. The van der Waals surface area contributed by atoms with Crippen molar-refractivity contribution in [3.8, 4) is 0 Å². The Bertz CT molecular complexity index is 646. The van der Waals surface area contributed by atoms with Gasteiger partial charge in [-0.05, 0) is 14.0 Å². The summed E-state index contributed by atoms with van der Waals surface area (Å²) in [6.07, 6.45) is 1.50. The standard InChI is InChI=1S/C10H15N5O2S2/c1-7-14-9(6-18-7)5-13-19(16,17)10-8(3-11-2)4-12-15-10/h4,6,11,13H,3,5H2,1-2H3,(H,12,15). The summed E-state index contributed by atoms with van der Waals surface area (Å²) in [5.74, 6) is 0. The molecule has 0 radical (unpaired) electrons. The van der Waals surface area contributed by atoms with Crippen LogP contribution in [0.2, 0.25) is 0 Å². The van der Waals surface area contributed by atoms with Crippen LogP contribution in [0.5, 0.6) is 0 Å². The fourth-order valence-electron chi connectivity index (χ4n) is 1.58. The van der Waals surface area contributed by atoms with Gasteiger partial charge in [0.1, 0.15) is 0 Å². The van der Waals surface area contributed by atoms with Crippen LogP contribution in [0.4, 0.5) is 0 Å². The lowest BCUT2D eigenvalue weighted by molar-refractivity contribution is 0.574. The first-order valence-corrected chi connectivity index (χ1v) is 7.96. The third-order valence-electron chi connectivity index (χ3n) is 2.42. The molecule has 0 bridgehead atoms. The zero-order chi connectivity index (χ0) is 13.9. The number of H-pyrrole nitrogens is 1. The second-order valence-electron chi connectivity index (χ2n) is 3.94. The highest BCUT2D eigenvalue weighted by molar-refractivity contribution is 7.89. The molecule has 2 rings (SSSR count). The summed E-state index contributed by atoms with van der Waals surface area (Å²) >= 11 is 1.49. The number of rotatable bonds is 6. The molecule has 2 aromatic rings. The molecule has 0 aromatic carbocycles. The molecule has 9 heteroatoms. The molecular weight excluding hydrogens is 286 g/mol. The molecule has 0 amide bonds. The quantitative estimate of drug-likeness (QED) is 0.716. The molecule has 0 atom stereocenters. The molecule has 0 spiro atoms. The van der Waals surface area contributed by atoms with Crippen molar-refractivity contribution in [2.45, 2.75) is 25.0 Å². The van der Waals surface area contributed by atoms with Gasteiger partial charge in [0.05, 0.1) is 23.4 Å². The van der Waals surface area contributed by atoms with Gasteiger partial charge in [-0.1, -0.05) is 0 Å². The minimum absolute atomic E-state index is 0.0915. The van der Waals surface area contributed by atoms with Crippen LogP contribution in [-0.4, -0.2) is 30.6 Å². The van der Waals surface area contributed by atoms with Gasteiger partial charge < -0.3 is 5.32 Å². The fraction of sp³-hybridized carbons (Fsp3) is 0.400. The van der Waals surface area contributed by atoms with Crippen molar-refractivity contribution < 1.29 is 8.42 Å². The topological polar surface area (TPSA) is 99.8 Å². The number of sulfonamides is 1. The molecule has 0 unspecified atom stereocenters. The van der Waals surface area contributed by atoms with E-state index in [0.29, 0.717) is 17.8 Å². The van der Waals surface area contributed by atoms with E-state index in [1.807, 2.05) is 12.3 Å². The molecule has 19 heavy (non-hydrogen) atoms. The van der Waals surface area contributed by atoms with E-state index < -0.39 is 10.0 Å². The highest BCUT2D eigenvalue weighted by atomic mass is 32.2. The molecule has 2 heterocycles. The van der Waals surface area contributed by atoms with Crippen LogP contribution >= 0.6 is 11.3 Å². The SMILES string of the molecule is CNCc1cn[nH]c1S(=O)(=O)NCc1csc(C)n1. The van der Waals surface area contributed by atoms with E-state index in [9.17, 15) is 8.42 Å². The molecule has 0 aliphatic heterocycles. The average molecular weight is 301 g/mol. The van der Waals surface area contributed by atoms with E-state index in [2.05, 4.69) is 25.2 Å². The van der Waals surface area contributed by atoms with Gasteiger partial charge in [0.25, 0.3) is 10.0 Å². The summed E-state index contributed by atoms with van der Waals surface area (Å²) in [6.45, 7) is 2.48. The maximum atomic E-state index is 12.1. The smallest absolute Gasteiger partial charge is 0.258 e. The second-order valence-corrected chi connectivity index (χ2v) is 6.70. The Labute approximate surface area is 115 Å². The highest BCUT2D eigenvalue weighted by Gasteiger charge is 2.20. The van der Waals surface area contributed by atoms with Crippen molar-refractivity contribution in [2.24, 2.45) is 0 Å². The average Bonchev–Trinajstić information content (AvgIpc) is 2.97. The van der Waals surface area contributed by atoms with Crippen LogP contribution in [0.3, 0.4) is 0 Å². The zero-order valence-corrected chi connectivity index (χ0v) is 12.2. The lowest BCUT2D eigenvalue weighted by Gasteiger charge is -2.05. The predicted molar refractivity (Wildman–Crippen MR) is 72.2 cm³/mol. The van der Waals surface area contributed by atoms with Crippen molar-refractivity contribution in [1.29, 1.82) is 0 Å². The lowest BCUT2D eigenvalue weighted by Crippen LogP contribution is -2.25. The Kier molecular flexibility index (Phi) is 4.30. The summed E-state index contributed by atoms with van der Waals surface area (Å²) in [5, 5.41) is 12.0. The Morgan fingerprint density at radius 3 is 2.84 bits per heavy atom. The van der Waals surface area contributed by atoms with Crippen molar-refractivity contribution >= 4 is 21.4 Å². The van der Waals surface area contributed by atoms with E-state index in [1.165, 1.54) is 17.5 Å². The second kappa shape index (κ2) is 5.78. The highest BCUT2D eigenvalue weighted by Crippen LogP contribution is 2.13. The van der Waals surface area contributed by atoms with Gasteiger partial charge in [0, 0.05) is 17.5 Å². The normalized spacial score (nSPS) is 11.9. The summed E-state index contributed by atoms with van der Waals surface area (Å²) in [7, 11) is -1.86. The van der Waals surface area contributed by atoms with Crippen molar-refractivity contribution in [3.63, 3.8) is 0 Å². The molecule has 0 aliphatic rings. The van der Waals surface area contributed by atoms with Gasteiger partial charge in [-0.3, -0.25) is 5.10 Å². The van der Waals surface area contributed by atoms with Crippen LogP contribution in [0.1, 0.15) is 16.3 Å². The first kappa shape index (κ1) is 14.1. The molecule has 0 saturated heterocycles. The molecule has 3 N–H and O–H groups in total. The van der Waals surface area contributed by atoms with Crippen molar-refractivity contribution in [3.05, 3.63) is 27.8 Å². The number of hydrogen-bond acceptors (Lipinski definition) is 6. The fourth-order valence-corrected chi connectivity index (χ4v) is 3.32. The predicted octanol–water partition coefficient (Wildman–Crippen LogP) is 0.373. The Hall–Kier alpha value is -1.29. The van der Waals surface area contributed by atoms with Gasteiger partial charge in [-0.25, -0.2) is 18.1 Å².